The predicted octanol–water partition coefficient (Wildman–Crippen LogP) is 8.85. The molecule has 41 heavy (non-hydrogen) atoms. The Hall–Kier alpha value is -3.48. The third-order valence-corrected chi connectivity index (χ3v) is 7.61. The molecular weight excluding hydrogens is 516 g/mol. The number of anilines is 1. The van der Waals surface area contributed by atoms with Crippen LogP contribution in [0.25, 0.3) is 22.9 Å². The molecule has 0 amide bonds. The number of benzene rings is 1. The largest absolute Gasteiger partial charge is 0.382 e. The number of hydrogen-bond donors (Lipinski definition) is 3. The molecule has 0 unspecified atom stereocenters. The van der Waals surface area contributed by atoms with Crippen molar-refractivity contribution in [2.24, 2.45) is 0 Å². The van der Waals surface area contributed by atoms with Crippen LogP contribution in [0.3, 0.4) is 0 Å². The summed E-state index contributed by atoms with van der Waals surface area (Å²) in [7, 11) is 1.86. The van der Waals surface area contributed by atoms with Crippen LogP contribution >= 0.6 is 0 Å². The predicted molar refractivity (Wildman–Crippen MR) is 170 cm³/mol. The molecule has 0 saturated heterocycles. The Morgan fingerprint density at radius 3 is 2.61 bits per heavy atom. The van der Waals surface area contributed by atoms with Crippen LogP contribution in [0.15, 0.2) is 42.5 Å². The molecule has 2 bridgehead atoms. The van der Waals surface area contributed by atoms with Gasteiger partial charge in [-0.15, -0.1) is 0 Å². The van der Waals surface area contributed by atoms with Crippen molar-refractivity contribution in [1.29, 1.82) is 5.41 Å². The van der Waals surface area contributed by atoms with Gasteiger partial charge in [0.25, 0.3) is 0 Å². The molecule has 0 fully saturated rings. The van der Waals surface area contributed by atoms with Crippen molar-refractivity contribution in [2.75, 3.05) is 25.5 Å². The van der Waals surface area contributed by atoms with Gasteiger partial charge in [-0.25, -0.2) is 8.78 Å². The molecule has 2 aliphatic heterocycles. The molecule has 0 radical (unpaired) electrons. The molecule has 1 aromatic heterocycles. The quantitative estimate of drug-likeness (QED) is 0.328. The van der Waals surface area contributed by atoms with Gasteiger partial charge >= 0.3 is 0 Å². The number of pyridine rings is 1. The van der Waals surface area contributed by atoms with Gasteiger partial charge in [-0.1, -0.05) is 45.1 Å². The highest BCUT2D eigenvalue weighted by Crippen LogP contribution is 2.40. The van der Waals surface area contributed by atoms with Crippen molar-refractivity contribution >= 4 is 23.2 Å². The number of aryl methyl sites for hydroxylation is 1. The van der Waals surface area contributed by atoms with E-state index in [0.717, 1.165) is 36.1 Å². The van der Waals surface area contributed by atoms with Crippen LogP contribution in [-0.2, 0) is 0 Å². The minimum absolute atomic E-state index is 0.153. The van der Waals surface area contributed by atoms with E-state index in [2.05, 4.69) is 36.0 Å². The van der Waals surface area contributed by atoms with Crippen LogP contribution in [0.4, 0.5) is 14.5 Å². The Morgan fingerprint density at radius 1 is 1.24 bits per heavy atom. The van der Waals surface area contributed by atoms with E-state index in [-0.39, 0.29) is 28.6 Å². The van der Waals surface area contributed by atoms with Crippen LogP contribution in [0.1, 0.15) is 95.4 Å². The fraction of sp³-hybridized carbons (Fsp3) is 0.471. The molecule has 2 aliphatic rings. The second kappa shape index (κ2) is 13.9. The Bertz CT molecular complexity index is 1340. The van der Waals surface area contributed by atoms with Gasteiger partial charge in [0.1, 0.15) is 17.4 Å². The minimum Gasteiger partial charge on any atom is -0.382 e. The topological polar surface area (TPSA) is 64.0 Å². The van der Waals surface area contributed by atoms with Crippen LogP contribution in [-0.4, -0.2) is 41.4 Å². The Morgan fingerprint density at radius 2 is 1.98 bits per heavy atom. The van der Waals surface area contributed by atoms with Crippen molar-refractivity contribution in [3.8, 4) is 11.3 Å². The highest BCUT2D eigenvalue weighted by atomic mass is 19.1. The average molecular weight is 564 g/mol. The summed E-state index contributed by atoms with van der Waals surface area (Å²) < 4.78 is 32.0. The van der Waals surface area contributed by atoms with E-state index >= 15 is 8.78 Å². The number of likely N-dealkylation sites (N-methyl/N-ethyl adjacent to an activating group) is 1. The van der Waals surface area contributed by atoms with E-state index in [0.29, 0.717) is 54.6 Å². The third-order valence-electron chi connectivity index (χ3n) is 7.61. The number of rotatable bonds is 6. The van der Waals surface area contributed by atoms with E-state index in [9.17, 15) is 0 Å². The molecule has 222 valence electrons. The molecule has 0 saturated carbocycles. The van der Waals surface area contributed by atoms with Gasteiger partial charge in [0.2, 0.25) is 0 Å². The Balaban J connectivity index is 2.37. The number of halogens is 2. The number of fused-ring (bicyclic) bond motifs is 11. The monoisotopic (exact) mass is 563 g/mol. The van der Waals surface area contributed by atoms with Gasteiger partial charge in [-0.2, -0.15) is 0 Å². The van der Waals surface area contributed by atoms with E-state index in [1.807, 2.05) is 57.0 Å². The highest BCUT2D eigenvalue weighted by Gasteiger charge is 2.30. The maximum atomic E-state index is 16.6. The summed E-state index contributed by atoms with van der Waals surface area (Å²) in [4.78, 5) is 6.47. The van der Waals surface area contributed by atoms with Crippen LogP contribution in [0.2, 0.25) is 0 Å². The SMILES string of the molecule is C=C1CCC/C(=C(/C)F)c2c(/C=C\C)cc(C)cc2-c2ncc(c(NCCC)c2F)C(=N)N(C)C[C@@](C)(CCC)N1. The Labute approximate surface area is 245 Å². The van der Waals surface area contributed by atoms with Gasteiger partial charge in [-0.05, 0) is 88.1 Å². The molecule has 4 rings (SSSR count). The van der Waals surface area contributed by atoms with Crippen molar-refractivity contribution in [1.82, 2.24) is 15.2 Å². The van der Waals surface area contributed by atoms with Gasteiger partial charge < -0.3 is 15.5 Å². The third kappa shape index (κ3) is 7.43. The van der Waals surface area contributed by atoms with E-state index in [1.54, 1.807) is 6.20 Å². The van der Waals surface area contributed by atoms with Crippen LogP contribution in [0, 0.1) is 18.2 Å². The molecular formula is C34H47F2N5. The minimum atomic E-state index is -0.529. The second-order valence-corrected chi connectivity index (χ2v) is 11.5. The van der Waals surface area contributed by atoms with Gasteiger partial charge in [0.15, 0.2) is 5.82 Å². The summed E-state index contributed by atoms with van der Waals surface area (Å²) >= 11 is 0. The summed E-state index contributed by atoms with van der Waals surface area (Å²) in [6, 6.07) is 3.89. The molecule has 3 N–H and O–H groups in total. The molecule has 2 aromatic rings. The fourth-order valence-corrected chi connectivity index (χ4v) is 5.90. The smallest absolute Gasteiger partial charge is 0.173 e. The van der Waals surface area contributed by atoms with Gasteiger partial charge in [0, 0.05) is 37.6 Å². The normalized spacial score (nSPS) is 19.9. The highest BCUT2D eigenvalue weighted by molar-refractivity contribution is 6.02. The first kappa shape index (κ1) is 32.0. The van der Waals surface area contributed by atoms with Crippen molar-refractivity contribution in [3.63, 3.8) is 0 Å². The molecule has 0 spiro atoms. The lowest BCUT2D eigenvalue weighted by Crippen LogP contribution is -2.51. The molecule has 5 nitrogen and oxygen atoms in total. The zero-order chi connectivity index (χ0) is 30.3. The number of nitrogens with zero attached hydrogens (tertiary/aromatic N) is 2. The summed E-state index contributed by atoms with van der Waals surface area (Å²) in [5.74, 6) is -0.637. The van der Waals surface area contributed by atoms with Gasteiger partial charge in [0.05, 0.1) is 16.8 Å². The standard InChI is InChI=1S/C34H47F2N5/c1-9-13-25-18-22(4)19-27-29(25)26(24(6)35)15-12-14-23(5)40-34(7,16-10-2)21-41(8)33(37)28-20-39-31(27)30(36)32(28)38-17-11-3/h9,13,18-20,37,40H,5,10-12,14-17,21H2,1-4,6-8H3,(H,38,39)/b13-9-,26-24+,37-33?/t34-/m1/s1. The second-order valence-electron chi connectivity index (χ2n) is 11.5. The summed E-state index contributed by atoms with van der Waals surface area (Å²) in [5.41, 5.74) is 4.83. The first-order chi connectivity index (χ1) is 19.5. The maximum Gasteiger partial charge on any atom is 0.173 e. The molecule has 0 aliphatic carbocycles. The zero-order valence-electron chi connectivity index (χ0n) is 25.9. The molecule has 1 aromatic carbocycles. The average Bonchev–Trinajstić information content (AvgIpc) is 2.89. The number of aromatic nitrogens is 1. The number of allylic oxidation sites excluding steroid dienone is 4. The maximum absolute atomic E-state index is 16.6. The van der Waals surface area contributed by atoms with Crippen molar-refractivity contribution < 1.29 is 8.78 Å². The molecule has 1 atom stereocenters. The van der Waals surface area contributed by atoms with Crippen LogP contribution < -0.4 is 10.6 Å². The van der Waals surface area contributed by atoms with Crippen LogP contribution in [0.5, 0.6) is 0 Å². The lowest BCUT2D eigenvalue weighted by molar-refractivity contribution is 0.280. The zero-order valence-corrected chi connectivity index (χ0v) is 25.9. The summed E-state index contributed by atoms with van der Waals surface area (Å²) in [6.45, 7) is 17.0. The van der Waals surface area contributed by atoms with Gasteiger partial charge in [-0.3, -0.25) is 10.4 Å². The van der Waals surface area contributed by atoms with Crippen molar-refractivity contribution in [3.05, 3.63) is 70.6 Å². The Kier molecular flexibility index (Phi) is 10.9. The lowest BCUT2D eigenvalue weighted by Gasteiger charge is -2.37. The number of nitrogens with one attached hydrogen (secondary N) is 3. The summed E-state index contributed by atoms with van der Waals surface area (Å²) in [5, 5.41) is 15.9. The lowest BCUT2D eigenvalue weighted by atomic mass is 9.86. The molecule has 3 heterocycles. The van der Waals surface area contributed by atoms with E-state index < -0.39 is 5.82 Å². The molecule has 7 heteroatoms. The summed E-state index contributed by atoms with van der Waals surface area (Å²) in [6.07, 6.45) is 9.86. The number of hydrogen-bond acceptors (Lipinski definition) is 4. The van der Waals surface area contributed by atoms with E-state index in [1.165, 1.54) is 6.92 Å². The first-order valence-electron chi connectivity index (χ1n) is 14.8. The van der Waals surface area contributed by atoms with Crippen molar-refractivity contribution in [2.45, 2.75) is 85.6 Å². The first-order valence-corrected chi connectivity index (χ1v) is 14.8. The fourth-order valence-electron chi connectivity index (χ4n) is 5.90. The number of amidine groups is 1. The van der Waals surface area contributed by atoms with E-state index in [4.69, 9.17) is 5.41 Å².